The highest BCUT2D eigenvalue weighted by molar-refractivity contribution is 7.80. The number of nitrogens with one attached hydrogen (secondary N) is 1. The van der Waals surface area contributed by atoms with Gasteiger partial charge in [-0.15, -0.1) is 0 Å². The summed E-state index contributed by atoms with van der Waals surface area (Å²) in [5.41, 5.74) is 0.572. The van der Waals surface area contributed by atoms with Crippen LogP contribution in [-0.4, -0.2) is 21.7 Å². The number of thiazole rings is 1. The second-order valence-corrected chi connectivity index (χ2v) is 4.10. The van der Waals surface area contributed by atoms with E-state index in [0.29, 0.717) is 15.6 Å². The zero-order chi connectivity index (χ0) is 11.6. The van der Waals surface area contributed by atoms with Crippen LogP contribution in [0.1, 0.15) is 5.69 Å². The van der Waals surface area contributed by atoms with E-state index >= 15 is 0 Å². The van der Waals surface area contributed by atoms with Crippen LogP contribution in [0.4, 0.5) is 5.00 Å². The Labute approximate surface area is 95.4 Å². The van der Waals surface area contributed by atoms with Crippen molar-refractivity contribution in [3.8, 4) is 0 Å². The second kappa shape index (κ2) is 4.49. The van der Waals surface area contributed by atoms with E-state index in [0.717, 1.165) is 11.3 Å². The van der Waals surface area contributed by atoms with Gasteiger partial charge < -0.3 is 9.88 Å². The molecular formula is C7H10N4O2S2. The summed E-state index contributed by atoms with van der Waals surface area (Å²) >= 11 is 5.87. The zero-order valence-electron chi connectivity index (χ0n) is 8.47. The van der Waals surface area contributed by atoms with Crippen LogP contribution in [0.2, 0.25) is 0 Å². The molecule has 0 radical (unpaired) electrons. The summed E-state index contributed by atoms with van der Waals surface area (Å²) in [6.07, 6.45) is 0. The molecule has 0 aromatic carbocycles. The lowest BCUT2D eigenvalue weighted by Gasteiger charge is -1.94. The minimum Gasteiger partial charge on any atom is -0.364 e. The summed E-state index contributed by atoms with van der Waals surface area (Å²) in [5.74, 6) is 0. The molecular weight excluding hydrogens is 236 g/mol. The molecule has 1 aromatic rings. The van der Waals surface area contributed by atoms with Crippen molar-refractivity contribution in [3.63, 3.8) is 0 Å². The fourth-order valence-electron chi connectivity index (χ4n) is 0.926. The molecule has 1 rings (SSSR count). The van der Waals surface area contributed by atoms with Crippen molar-refractivity contribution >= 4 is 33.7 Å². The van der Waals surface area contributed by atoms with Gasteiger partial charge in [0.25, 0.3) is 0 Å². The van der Waals surface area contributed by atoms with Gasteiger partial charge in [-0.05, 0) is 30.5 Å². The maximum atomic E-state index is 10.7. The minimum absolute atomic E-state index is 0.0927. The van der Waals surface area contributed by atoms with Gasteiger partial charge in [0, 0.05) is 14.1 Å². The molecule has 0 aliphatic carbocycles. The molecule has 0 saturated heterocycles. The van der Waals surface area contributed by atoms with Crippen molar-refractivity contribution in [1.29, 1.82) is 0 Å². The molecule has 0 aliphatic rings. The first-order valence-corrected chi connectivity index (χ1v) is 5.27. The van der Waals surface area contributed by atoms with Crippen LogP contribution in [-0.2, 0) is 7.05 Å². The molecule has 1 N–H and O–H groups in total. The molecule has 82 valence electrons. The summed E-state index contributed by atoms with van der Waals surface area (Å²) in [6, 6.07) is 0. The third-order valence-electron chi connectivity index (χ3n) is 1.86. The van der Waals surface area contributed by atoms with Crippen molar-refractivity contribution in [1.82, 2.24) is 9.88 Å². The first-order chi connectivity index (χ1) is 6.97. The van der Waals surface area contributed by atoms with E-state index in [9.17, 15) is 10.1 Å². The lowest BCUT2D eigenvalue weighted by atomic mass is 10.5. The van der Waals surface area contributed by atoms with E-state index in [1.807, 2.05) is 0 Å². The molecule has 6 nitrogen and oxygen atoms in total. The predicted molar refractivity (Wildman–Crippen MR) is 61.9 cm³/mol. The highest BCUT2D eigenvalue weighted by Crippen LogP contribution is 2.19. The highest BCUT2D eigenvalue weighted by Gasteiger charge is 2.17. The lowest BCUT2D eigenvalue weighted by molar-refractivity contribution is -0.381. The summed E-state index contributed by atoms with van der Waals surface area (Å²) < 4.78 is 1.65. The Hall–Kier alpha value is -1.28. The summed E-state index contributed by atoms with van der Waals surface area (Å²) in [5, 5.41) is 13.7. The fourth-order valence-corrected chi connectivity index (χ4v) is 2.01. The van der Waals surface area contributed by atoms with Crippen LogP contribution in [0.5, 0.6) is 0 Å². The van der Waals surface area contributed by atoms with Crippen LogP contribution in [0.25, 0.3) is 0 Å². The van der Waals surface area contributed by atoms with E-state index in [-0.39, 0.29) is 5.00 Å². The average molecular weight is 246 g/mol. The van der Waals surface area contributed by atoms with E-state index in [2.05, 4.69) is 10.3 Å². The van der Waals surface area contributed by atoms with E-state index in [1.54, 1.807) is 25.6 Å². The zero-order valence-corrected chi connectivity index (χ0v) is 10.1. The smallest absolute Gasteiger partial charge is 0.346 e. The van der Waals surface area contributed by atoms with Crippen molar-refractivity contribution in [2.75, 3.05) is 7.05 Å². The first-order valence-electron chi connectivity index (χ1n) is 4.04. The van der Waals surface area contributed by atoms with Gasteiger partial charge in [0.15, 0.2) is 9.91 Å². The topological polar surface area (TPSA) is 72.5 Å². The monoisotopic (exact) mass is 246 g/mol. The van der Waals surface area contributed by atoms with Crippen LogP contribution >= 0.6 is 23.6 Å². The van der Waals surface area contributed by atoms with Gasteiger partial charge in [0.1, 0.15) is 5.69 Å². The van der Waals surface area contributed by atoms with Crippen molar-refractivity contribution in [2.24, 2.45) is 12.0 Å². The van der Waals surface area contributed by atoms with Crippen LogP contribution in [0, 0.1) is 17.0 Å². The van der Waals surface area contributed by atoms with Crippen molar-refractivity contribution < 1.29 is 4.92 Å². The second-order valence-electron chi connectivity index (χ2n) is 2.76. The number of hydrogen-bond donors (Lipinski definition) is 1. The third-order valence-corrected chi connectivity index (χ3v) is 3.35. The predicted octanol–water partition coefficient (Wildman–Crippen LogP) is 0.708. The molecule has 0 atom stereocenters. The molecule has 1 heterocycles. The van der Waals surface area contributed by atoms with Crippen LogP contribution in [0.3, 0.4) is 0 Å². The number of nitrogens with zero attached hydrogens (tertiary/aromatic N) is 3. The first kappa shape index (κ1) is 11.8. The minimum atomic E-state index is -0.415. The molecule has 1 aromatic heterocycles. The normalized spacial score (nSPS) is 11.5. The third kappa shape index (κ3) is 2.39. The van der Waals surface area contributed by atoms with Gasteiger partial charge in [-0.2, -0.15) is 4.99 Å². The Bertz CT molecular complexity index is 474. The molecule has 0 unspecified atom stereocenters. The van der Waals surface area contributed by atoms with E-state index in [1.165, 1.54) is 0 Å². The molecule has 0 aliphatic heterocycles. The molecule has 8 heteroatoms. The van der Waals surface area contributed by atoms with Gasteiger partial charge in [-0.1, -0.05) is 0 Å². The largest absolute Gasteiger partial charge is 0.364 e. The van der Waals surface area contributed by atoms with E-state index < -0.39 is 4.92 Å². The molecule has 0 amide bonds. The van der Waals surface area contributed by atoms with Gasteiger partial charge in [0.2, 0.25) is 0 Å². The Morgan fingerprint density at radius 2 is 2.33 bits per heavy atom. The van der Waals surface area contributed by atoms with Crippen LogP contribution < -0.4 is 10.1 Å². The van der Waals surface area contributed by atoms with Gasteiger partial charge in [-0.3, -0.25) is 10.1 Å². The highest BCUT2D eigenvalue weighted by atomic mass is 32.1. The Balaban J connectivity index is 3.34. The molecule has 0 bridgehead atoms. The molecule has 0 saturated carbocycles. The standard InChI is InChI=1S/C7H10N4O2S2/c1-4-5(11(12)13)15-7(10(4)3)9-6(14)8-2/h1-3H3,(H,8,14)/b9-7+. The van der Waals surface area contributed by atoms with Crippen molar-refractivity contribution in [3.05, 3.63) is 20.6 Å². The van der Waals surface area contributed by atoms with Gasteiger partial charge in [0.05, 0.1) is 4.92 Å². The molecule has 15 heavy (non-hydrogen) atoms. The Morgan fingerprint density at radius 1 is 1.73 bits per heavy atom. The number of thiocarbonyl (C=S) groups is 1. The fraction of sp³-hybridized carbons (Fsp3) is 0.429. The van der Waals surface area contributed by atoms with Gasteiger partial charge >= 0.3 is 5.00 Å². The molecule has 0 fully saturated rings. The summed E-state index contributed by atoms with van der Waals surface area (Å²) in [6.45, 7) is 1.68. The maximum absolute atomic E-state index is 10.7. The number of hydrogen-bond acceptors (Lipinski definition) is 4. The number of rotatable bonds is 1. The number of nitro groups is 1. The lowest BCUT2D eigenvalue weighted by Crippen LogP contribution is -2.20. The maximum Gasteiger partial charge on any atom is 0.346 e. The molecule has 0 spiro atoms. The van der Waals surface area contributed by atoms with Crippen molar-refractivity contribution in [2.45, 2.75) is 6.92 Å². The summed E-state index contributed by atoms with van der Waals surface area (Å²) in [4.78, 5) is 14.8. The van der Waals surface area contributed by atoms with Gasteiger partial charge in [-0.25, -0.2) is 0 Å². The quantitative estimate of drug-likeness (QED) is 0.450. The summed E-state index contributed by atoms with van der Waals surface area (Å²) in [7, 11) is 3.37. The Morgan fingerprint density at radius 3 is 2.73 bits per heavy atom. The number of aromatic nitrogens is 1. The average Bonchev–Trinajstić information content (AvgIpc) is 2.46. The van der Waals surface area contributed by atoms with E-state index in [4.69, 9.17) is 12.2 Å². The van der Waals surface area contributed by atoms with Crippen LogP contribution in [0.15, 0.2) is 4.99 Å². The SMILES string of the molecule is CNC(=S)/N=c1/sc([N+](=O)[O-])c(C)n1C. The Kier molecular flexibility index (Phi) is 3.53.